The van der Waals surface area contributed by atoms with Crippen molar-refractivity contribution < 1.29 is 23.0 Å². The maximum Gasteiger partial charge on any atom is 0.296 e. The lowest BCUT2D eigenvalue weighted by Crippen LogP contribution is -2.52. The Morgan fingerprint density at radius 1 is 1.07 bits per heavy atom. The average Bonchev–Trinajstić information content (AvgIpc) is 3.39. The van der Waals surface area contributed by atoms with E-state index in [4.69, 9.17) is 14.2 Å². The number of ether oxygens (including phenoxy) is 3. The summed E-state index contributed by atoms with van der Waals surface area (Å²) < 4.78 is 49.1. The predicted octanol–water partition coefficient (Wildman–Crippen LogP) is 5.24. The molecule has 1 aromatic carbocycles. The first-order valence-electron chi connectivity index (χ1n) is 12.7. The second-order valence-corrected chi connectivity index (χ2v) is 9.74. The van der Waals surface area contributed by atoms with Crippen LogP contribution in [0.3, 0.4) is 0 Å². The molecule has 0 aliphatic carbocycles. The number of rotatable bonds is 7. The molecule has 0 radical (unpaired) electrons. The van der Waals surface area contributed by atoms with Crippen molar-refractivity contribution >= 4 is 28.1 Å². The minimum Gasteiger partial charge on any atom is -0.478 e. The monoisotopic (exact) mass is 547 g/mol. The van der Waals surface area contributed by atoms with Crippen LogP contribution in [0.5, 0.6) is 23.1 Å². The van der Waals surface area contributed by atoms with Crippen molar-refractivity contribution in [2.75, 3.05) is 32.6 Å². The Kier molecular flexibility index (Phi) is 6.54. The van der Waals surface area contributed by atoms with Crippen molar-refractivity contribution in [1.29, 1.82) is 0 Å². The molecular formula is C28H27F2N7O3. The van der Waals surface area contributed by atoms with Crippen LogP contribution in [0.25, 0.3) is 16.6 Å². The van der Waals surface area contributed by atoms with Gasteiger partial charge in [-0.3, -0.25) is 0 Å². The maximum absolute atomic E-state index is 14.9. The second kappa shape index (κ2) is 10.2. The van der Waals surface area contributed by atoms with Crippen LogP contribution in [-0.2, 0) is 0 Å². The van der Waals surface area contributed by atoms with Crippen molar-refractivity contribution in [3.63, 3.8) is 0 Å². The number of aromatic nitrogens is 5. The van der Waals surface area contributed by atoms with Crippen molar-refractivity contribution in [1.82, 2.24) is 29.2 Å². The van der Waals surface area contributed by atoms with E-state index in [1.165, 1.54) is 19.6 Å². The van der Waals surface area contributed by atoms with Gasteiger partial charge in [0.2, 0.25) is 0 Å². The fourth-order valence-electron chi connectivity index (χ4n) is 4.79. The van der Waals surface area contributed by atoms with Gasteiger partial charge in [0.1, 0.15) is 29.3 Å². The van der Waals surface area contributed by atoms with Crippen molar-refractivity contribution in [2.24, 2.45) is 0 Å². The zero-order chi connectivity index (χ0) is 27.9. The van der Waals surface area contributed by atoms with Crippen LogP contribution in [0, 0.1) is 6.92 Å². The number of aryl methyl sites for hydroxylation is 1. The van der Waals surface area contributed by atoms with Crippen LogP contribution >= 0.6 is 0 Å². The Morgan fingerprint density at radius 3 is 2.75 bits per heavy atom. The third-order valence-electron chi connectivity index (χ3n) is 6.82. The largest absolute Gasteiger partial charge is 0.478 e. The molecule has 0 amide bonds. The van der Waals surface area contributed by atoms with E-state index >= 15 is 0 Å². The van der Waals surface area contributed by atoms with Crippen LogP contribution in [-0.4, -0.2) is 68.5 Å². The molecule has 40 heavy (non-hydrogen) atoms. The van der Waals surface area contributed by atoms with E-state index in [-0.39, 0.29) is 18.1 Å². The average molecular weight is 548 g/mol. The first-order valence-corrected chi connectivity index (χ1v) is 12.7. The molecular weight excluding hydrogens is 520 g/mol. The number of hydrogen-bond acceptors (Lipinski definition) is 9. The van der Waals surface area contributed by atoms with E-state index in [2.05, 4.69) is 25.3 Å². The molecule has 1 saturated heterocycles. The zero-order valence-electron chi connectivity index (χ0n) is 22.1. The molecule has 12 heteroatoms. The predicted molar refractivity (Wildman–Crippen MR) is 145 cm³/mol. The highest BCUT2D eigenvalue weighted by atomic mass is 19.3. The molecule has 1 fully saturated rings. The van der Waals surface area contributed by atoms with E-state index in [9.17, 15) is 8.78 Å². The van der Waals surface area contributed by atoms with E-state index in [0.29, 0.717) is 40.5 Å². The van der Waals surface area contributed by atoms with Crippen molar-refractivity contribution in [3.05, 3.63) is 67.0 Å². The fraction of sp³-hybridized carbons (Fsp3) is 0.286. The van der Waals surface area contributed by atoms with E-state index in [0.717, 1.165) is 11.2 Å². The Balaban J connectivity index is 1.31. The molecule has 5 heterocycles. The number of anilines is 2. The molecule has 0 unspecified atom stereocenters. The Hall–Kier alpha value is -4.58. The molecule has 5 aromatic rings. The van der Waals surface area contributed by atoms with Gasteiger partial charge in [-0.05, 0) is 43.8 Å². The van der Waals surface area contributed by atoms with Gasteiger partial charge in [0.15, 0.2) is 11.9 Å². The smallest absolute Gasteiger partial charge is 0.296 e. The summed E-state index contributed by atoms with van der Waals surface area (Å²) in [5.41, 5.74) is 2.79. The highest BCUT2D eigenvalue weighted by Crippen LogP contribution is 2.41. The first-order chi connectivity index (χ1) is 19.3. The highest BCUT2D eigenvalue weighted by molar-refractivity contribution is 5.96. The first kappa shape index (κ1) is 25.7. The molecule has 1 atom stereocenters. The van der Waals surface area contributed by atoms with Gasteiger partial charge in [0.25, 0.3) is 11.8 Å². The fourth-order valence-corrected chi connectivity index (χ4v) is 4.79. The number of nitrogens with one attached hydrogen (secondary N) is 1. The number of nitrogens with zero attached hydrogens (tertiary/aromatic N) is 6. The summed E-state index contributed by atoms with van der Waals surface area (Å²) in [5, 5.41) is 3.68. The van der Waals surface area contributed by atoms with Gasteiger partial charge in [0.05, 0.1) is 30.8 Å². The summed E-state index contributed by atoms with van der Waals surface area (Å²) in [6.45, 7) is 2.01. The summed E-state index contributed by atoms with van der Waals surface area (Å²) >= 11 is 0. The minimum absolute atomic E-state index is 0.0726. The Bertz CT molecular complexity index is 1690. The molecule has 4 aromatic heterocycles. The number of alkyl halides is 2. The van der Waals surface area contributed by atoms with Gasteiger partial charge in [-0.1, -0.05) is 0 Å². The summed E-state index contributed by atoms with van der Waals surface area (Å²) in [7, 11) is 3.08. The van der Waals surface area contributed by atoms with Gasteiger partial charge < -0.3 is 28.8 Å². The Labute approximate surface area is 228 Å². The van der Waals surface area contributed by atoms with Gasteiger partial charge in [-0.2, -0.15) is 0 Å². The maximum atomic E-state index is 14.9. The van der Waals surface area contributed by atoms with E-state index in [1.54, 1.807) is 18.1 Å². The molecule has 0 spiro atoms. The zero-order valence-corrected chi connectivity index (χ0v) is 22.1. The third kappa shape index (κ3) is 4.93. The minimum atomic E-state index is -3.06. The van der Waals surface area contributed by atoms with Gasteiger partial charge >= 0.3 is 0 Å². The normalized spacial score (nSPS) is 17.2. The lowest BCUT2D eigenvalue weighted by atomic mass is 10.0. The second-order valence-electron chi connectivity index (χ2n) is 9.74. The summed E-state index contributed by atoms with van der Waals surface area (Å²) in [6, 6.07) is 9.31. The third-order valence-corrected chi connectivity index (χ3v) is 6.82. The molecule has 0 bridgehead atoms. The number of benzene rings is 1. The lowest BCUT2D eigenvalue weighted by molar-refractivity contribution is -0.135. The molecule has 1 aliphatic rings. The van der Waals surface area contributed by atoms with Crippen molar-refractivity contribution in [3.8, 4) is 23.1 Å². The number of pyridine rings is 2. The van der Waals surface area contributed by atoms with Crippen LogP contribution < -0.4 is 19.5 Å². The summed E-state index contributed by atoms with van der Waals surface area (Å²) in [4.78, 5) is 18.8. The van der Waals surface area contributed by atoms with E-state index < -0.39 is 18.6 Å². The topological polar surface area (TPSA) is 98.9 Å². The summed E-state index contributed by atoms with van der Waals surface area (Å²) in [6.07, 6.45) is 7.15. The number of hydrogen-bond donors (Lipinski definition) is 1. The summed E-state index contributed by atoms with van der Waals surface area (Å²) in [5.74, 6) is -1.20. The van der Waals surface area contributed by atoms with Gasteiger partial charge in [-0.15, -0.1) is 0 Å². The van der Waals surface area contributed by atoms with Crippen LogP contribution in [0.15, 0.2) is 61.4 Å². The van der Waals surface area contributed by atoms with Gasteiger partial charge in [0, 0.05) is 43.3 Å². The molecule has 206 valence electrons. The van der Waals surface area contributed by atoms with Crippen LogP contribution in [0.1, 0.15) is 12.0 Å². The number of halogens is 2. The lowest BCUT2D eigenvalue weighted by Gasteiger charge is -2.36. The number of methoxy groups -OCH3 is 1. The highest BCUT2D eigenvalue weighted by Gasteiger charge is 2.46. The number of piperidine rings is 1. The van der Waals surface area contributed by atoms with Crippen molar-refractivity contribution in [2.45, 2.75) is 25.4 Å². The Morgan fingerprint density at radius 2 is 1.95 bits per heavy atom. The number of imidazole rings is 1. The van der Waals surface area contributed by atoms with E-state index in [1.807, 2.05) is 54.0 Å². The SMILES string of the molecule is COc1ncc2ncnc(Nc3ccc(Oc4ccn5ccnc5c4)c(C)c3)c2c1O[C@H]1CCN(C)CC1(F)F. The van der Waals surface area contributed by atoms with Gasteiger partial charge in [-0.25, -0.2) is 28.7 Å². The van der Waals surface area contributed by atoms with Crippen LogP contribution in [0.4, 0.5) is 20.3 Å². The molecule has 1 N–H and O–H groups in total. The number of fused-ring (bicyclic) bond motifs is 2. The quantitative estimate of drug-likeness (QED) is 0.293. The molecule has 1 aliphatic heterocycles. The van der Waals surface area contributed by atoms with Crippen LogP contribution in [0.2, 0.25) is 0 Å². The molecule has 0 saturated carbocycles. The standard InChI is InChI=1S/C28H27F2N7O3/c1-17-12-18(4-5-21(17)39-19-6-10-37-11-8-31-23(37)13-19)35-26-24-20(33-16-34-26)14-32-27(38-3)25(24)40-22-7-9-36(2)15-28(22,29)30/h4-6,8,10-14,16,22H,7,9,15H2,1-3H3,(H,33,34,35)/t22-/m0/s1. The molecule has 10 nitrogen and oxygen atoms in total. The number of likely N-dealkylation sites (tertiary alicyclic amines) is 1. The molecule has 6 rings (SSSR count).